The zero-order valence-electron chi connectivity index (χ0n) is 7.50. The maximum atomic E-state index is 11.3. The second-order valence-corrected chi connectivity index (χ2v) is 3.56. The molecule has 1 heterocycles. The predicted octanol–water partition coefficient (Wildman–Crippen LogP) is 2.02. The number of rotatable bonds is 4. The first-order valence-electron chi connectivity index (χ1n) is 4.06. The number of halogens is 1. The van der Waals surface area contributed by atoms with E-state index in [2.05, 4.69) is 15.9 Å². The van der Waals surface area contributed by atoms with Crippen LogP contribution in [0.1, 0.15) is 12.2 Å². The molecule has 72 valence electrons. The highest BCUT2D eigenvalue weighted by Crippen LogP contribution is 2.05. The van der Waals surface area contributed by atoms with Crippen molar-refractivity contribution in [2.45, 2.75) is 13.0 Å². The van der Waals surface area contributed by atoms with Crippen molar-refractivity contribution in [2.75, 3.05) is 12.4 Å². The number of hydrogen-bond acceptors (Lipinski definition) is 2. The first kappa shape index (κ1) is 10.3. The van der Waals surface area contributed by atoms with Gasteiger partial charge in [-0.2, -0.15) is 0 Å². The smallest absolute Gasteiger partial charge is 0.223 e. The van der Waals surface area contributed by atoms with Crippen LogP contribution < -0.4 is 0 Å². The molecule has 3 nitrogen and oxygen atoms in total. The largest absolute Gasteiger partial charge is 0.467 e. The lowest BCUT2D eigenvalue weighted by atomic mass is 10.3. The Bertz CT molecular complexity index is 259. The van der Waals surface area contributed by atoms with Crippen molar-refractivity contribution in [1.82, 2.24) is 4.90 Å². The van der Waals surface area contributed by atoms with Gasteiger partial charge in [0.25, 0.3) is 0 Å². The topological polar surface area (TPSA) is 33.5 Å². The van der Waals surface area contributed by atoms with Crippen LogP contribution >= 0.6 is 15.9 Å². The van der Waals surface area contributed by atoms with E-state index in [0.717, 1.165) is 5.76 Å². The Kier molecular flexibility index (Phi) is 4.02. The summed E-state index contributed by atoms with van der Waals surface area (Å²) in [5.41, 5.74) is 0. The molecular formula is C9H12BrNO2. The predicted molar refractivity (Wildman–Crippen MR) is 53.6 cm³/mol. The van der Waals surface area contributed by atoms with Gasteiger partial charge in [-0.1, -0.05) is 15.9 Å². The van der Waals surface area contributed by atoms with Crippen LogP contribution in [0.2, 0.25) is 0 Å². The van der Waals surface area contributed by atoms with Gasteiger partial charge in [0.15, 0.2) is 0 Å². The van der Waals surface area contributed by atoms with E-state index in [0.29, 0.717) is 18.3 Å². The van der Waals surface area contributed by atoms with Crippen LogP contribution in [0, 0.1) is 0 Å². The lowest BCUT2D eigenvalue weighted by Crippen LogP contribution is -2.25. The highest BCUT2D eigenvalue weighted by Gasteiger charge is 2.08. The minimum Gasteiger partial charge on any atom is -0.467 e. The lowest BCUT2D eigenvalue weighted by molar-refractivity contribution is -0.130. The minimum atomic E-state index is 0.119. The molecule has 0 spiro atoms. The summed E-state index contributed by atoms with van der Waals surface area (Å²) in [4.78, 5) is 13.0. The number of amides is 1. The SMILES string of the molecule is CN(Cc1ccco1)C(=O)CCBr. The van der Waals surface area contributed by atoms with E-state index in [-0.39, 0.29) is 5.91 Å². The molecule has 0 fully saturated rings. The Morgan fingerprint density at radius 1 is 1.69 bits per heavy atom. The van der Waals surface area contributed by atoms with Crippen molar-refractivity contribution in [1.29, 1.82) is 0 Å². The van der Waals surface area contributed by atoms with E-state index in [1.54, 1.807) is 18.2 Å². The van der Waals surface area contributed by atoms with Gasteiger partial charge in [-0.05, 0) is 12.1 Å². The van der Waals surface area contributed by atoms with E-state index in [9.17, 15) is 4.79 Å². The summed E-state index contributed by atoms with van der Waals surface area (Å²) in [6, 6.07) is 3.68. The maximum Gasteiger partial charge on any atom is 0.223 e. The summed E-state index contributed by atoms with van der Waals surface area (Å²) < 4.78 is 5.13. The molecule has 1 aromatic heterocycles. The molecular weight excluding hydrogens is 234 g/mol. The fourth-order valence-corrected chi connectivity index (χ4v) is 1.34. The highest BCUT2D eigenvalue weighted by molar-refractivity contribution is 9.09. The highest BCUT2D eigenvalue weighted by atomic mass is 79.9. The maximum absolute atomic E-state index is 11.3. The third-order valence-corrected chi connectivity index (χ3v) is 2.10. The van der Waals surface area contributed by atoms with Gasteiger partial charge >= 0.3 is 0 Å². The van der Waals surface area contributed by atoms with Crippen LogP contribution in [-0.2, 0) is 11.3 Å². The normalized spacial score (nSPS) is 10.0. The molecule has 13 heavy (non-hydrogen) atoms. The number of alkyl halides is 1. The van der Waals surface area contributed by atoms with Crippen molar-refractivity contribution in [3.8, 4) is 0 Å². The fourth-order valence-electron chi connectivity index (χ4n) is 0.996. The Morgan fingerprint density at radius 3 is 3.00 bits per heavy atom. The van der Waals surface area contributed by atoms with Crippen molar-refractivity contribution in [2.24, 2.45) is 0 Å². The molecule has 0 N–H and O–H groups in total. The molecule has 0 bridgehead atoms. The molecule has 1 aromatic rings. The summed E-state index contributed by atoms with van der Waals surface area (Å²) in [6.45, 7) is 0.541. The van der Waals surface area contributed by atoms with Gasteiger partial charge in [0, 0.05) is 18.8 Å². The summed E-state index contributed by atoms with van der Waals surface area (Å²) >= 11 is 3.23. The van der Waals surface area contributed by atoms with Gasteiger partial charge in [-0.3, -0.25) is 4.79 Å². The molecule has 0 aromatic carbocycles. The van der Waals surface area contributed by atoms with E-state index in [1.807, 2.05) is 12.1 Å². The van der Waals surface area contributed by atoms with Crippen molar-refractivity contribution in [3.63, 3.8) is 0 Å². The molecule has 0 aliphatic carbocycles. The van der Waals surface area contributed by atoms with Crippen LogP contribution in [0.4, 0.5) is 0 Å². The van der Waals surface area contributed by atoms with Crippen molar-refractivity contribution < 1.29 is 9.21 Å². The Balaban J connectivity index is 2.41. The minimum absolute atomic E-state index is 0.119. The van der Waals surface area contributed by atoms with Gasteiger partial charge in [-0.15, -0.1) is 0 Å². The van der Waals surface area contributed by atoms with Crippen LogP contribution in [-0.4, -0.2) is 23.2 Å². The van der Waals surface area contributed by atoms with Crippen LogP contribution in [0.3, 0.4) is 0 Å². The van der Waals surface area contributed by atoms with Crippen molar-refractivity contribution in [3.05, 3.63) is 24.2 Å². The average molecular weight is 246 g/mol. The van der Waals surface area contributed by atoms with E-state index in [4.69, 9.17) is 4.42 Å². The molecule has 0 radical (unpaired) electrons. The first-order chi connectivity index (χ1) is 6.24. The van der Waals surface area contributed by atoms with E-state index < -0.39 is 0 Å². The average Bonchev–Trinajstić information content (AvgIpc) is 2.57. The van der Waals surface area contributed by atoms with Gasteiger partial charge in [0.05, 0.1) is 12.8 Å². The third-order valence-electron chi connectivity index (χ3n) is 1.71. The summed E-state index contributed by atoms with van der Waals surface area (Å²) in [5, 5.41) is 0.703. The Morgan fingerprint density at radius 2 is 2.46 bits per heavy atom. The standard InChI is InChI=1S/C9H12BrNO2/c1-11(9(12)4-5-10)7-8-3-2-6-13-8/h2-3,6H,4-5,7H2,1H3. The number of nitrogens with zero attached hydrogens (tertiary/aromatic N) is 1. The second-order valence-electron chi connectivity index (χ2n) is 2.77. The molecule has 4 heteroatoms. The van der Waals surface area contributed by atoms with E-state index in [1.165, 1.54) is 0 Å². The van der Waals surface area contributed by atoms with Crippen LogP contribution in [0.5, 0.6) is 0 Å². The fraction of sp³-hybridized carbons (Fsp3) is 0.444. The molecule has 0 saturated heterocycles. The summed E-state index contributed by atoms with van der Waals surface area (Å²) in [5.74, 6) is 0.929. The second kappa shape index (κ2) is 5.07. The third kappa shape index (κ3) is 3.22. The monoisotopic (exact) mass is 245 g/mol. The number of hydrogen-bond donors (Lipinski definition) is 0. The molecule has 0 unspecified atom stereocenters. The zero-order valence-corrected chi connectivity index (χ0v) is 9.08. The number of carbonyl (C=O) groups excluding carboxylic acids is 1. The molecule has 0 aliphatic rings. The van der Waals surface area contributed by atoms with Crippen LogP contribution in [0.15, 0.2) is 22.8 Å². The lowest BCUT2D eigenvalue weighted by Gasteiger charge is -2.14. The van der Waals surface area contributed by atoms with Gasteiger partial charge in [0.2, 0.25) is 5.91 Å². The molecule has 1 amide bonds. The zero-order chi connectivity index (χ0) is 9.68. The number of carbonyl (C=O) groups is 1. The van der Waals surface area contributed by atoms with Gasteiger partial charge in [-0.25, -0.2) is 0 Å². The van der Waals surface area contributed by atoms with Crippen molar-refractivity contribution >= 4 is 21.8 Å². The molecule has 0 saturated carbocycles. The summed E-state index contributed by atoms with van der Waals surface area (Å²) in [7, 11) is 1.77. The van der Waals surface area contributed by atoms with Gasteiger partial charge < -0.3 is 9.32 Å². The number of furan rings is 1. The Hall–Kier alpha value is -0.770. The quantitative estimate of drug-likeness (QED) is 0.761. The Labute approximate surface area is 85.8 Å². The first-order valence-corrected chi connectivity index (χ1v) is 5.18. The molecule has 0 atom stereocenters. The van der Waals surface area contributed by atoms with Gasteiger partial charge in [0.1, 0.15) is 5.76 Å². The molecule has 1 rings (SSSR count). The van der Waals surface area contributed by atoms with Crippen LogP contribution in [0.25, 0.3) is 0 Å². The van der Waals surface area contributed by atoms with E-state index >= 15 is 0 Å². The summed E-state index contributed by atoms with van der Waals surface area (Å²) in [6.07, 6.45) is 2.13. The molecule has 0 aliphatic heterocycles.